The van der Waals surface area contributed by atoms with Crippen LogP contribution in [0.5, 0.6) is 0 Å². The Morgan fingerprint density at radius 3 is 2.72 bits per heavy atom. The summed E-state index contributed by atoms with van der Waals surface area (Å²) >= 11 is 3.18. The minimum Gasteiger partial charge on any atom is -0.389 e. The van der Waals surface area contributed by atoms with E-state index in [1.165, 1.54) is 6.07 Å². The van der Waals surface area contributed by atoms with Crippen molar-refractivity contribution < 1.29 is 9.50 Å². The smallest absolute Gasteiger partial charge is 0.137 e. The third-order valence-electron chi connectivity index (χ3n) is 3.02. The second-order valence-electron chi connectivity index (χ2n) is 5.02. The first kappa shape index (κ1) is 15.6. The molecule has 18 heavy (non-hydrogen) atoms. The third-order valence-corrected chi connectivity index (χ3v) is 3.63. The van der Waals surface area contributed by atoms with E-state index in [0.717, 1.165) is 18.4 Å². The van der Waals surface area contributed by atoms with Gasteiger partial charge in [0.05, 0.1) is 10.1 Å². The summed E-state index contributed by atoms with van der Waals surface area (Å²) in [5, 5.41) is 13.4. The van der Waals surface area contributed by atoms with Gasteiger partial charge in [0.15, 0.2) is 0 Å². The van der Waals surface area contributed by atoms with Gasteiger partial charge in [-0.2, -0.15) is 0 Å². The summed E-state index contributed by atoms with van der Waals surface area (Å²) < 4.78 is 13.6. The predicted octanol–water partition coefficient (Wildman–Crippen LogP) is 3.79. The molecular formula is C14H21BrFNO. The first-order valence-corrected chi connectivity index (χ1v) is 7.06. The molecule has 0 aliphatic carbocycles. The highest BCUT2D eigenvalue weighted by molar-refractivity contribution is 9.10. The molecule has 0 fully saturated rings. The molecule has 102 valence electrons. The summed E-state index contributed by atoms with van der Waals surface area (Å²) in [6, 6.07) is 5.04. The summed E-state index contributed by atoms with van der Waals surface area (Å²) in [7, 11) is 0. The van der Waals surface area contributed by atoms with Crippen molar-refractivity contribution >= 4 is 15.9 Å². The molecular weight excluding hydrogens is 297 g/mol. The van der Waals surface area contributed by atoms with Crippen LogP contribution in [-0.4, -0.2) is 17.3 Å². The zero-order valence-corrected chi connectivity index (χ0v) is 12.7. The summed E-state index contributed by atoms with van der Waals surface area (Å²) in [5.74, 6) is -0.260. The zero-order valence-electron chi connectivity index (χ0n) is 11.1. The Labute approximate surface area is 117 Å². The van der Waals surface area contributed by atoms with Crippen LogP contribution in [0.3, 0.4) is 0 Å². The molecule has 0 saturated carbocycles. The summed E-state index contributed by atoms with van der Waals surface area (Å²) in [6.07, 6.45) is 1.71. The third kappa shape index (κ3) is 4.67. The van der Waals surface area contributed by atoms with Crippen LogP contribution in [0.15, 0.2) is 22.7 Å². The maximum absolute atomic E-state index is 13.1. The molecule has 1 rings (SSSR count). The Morgan fingerprint density at radius 1 is 1.50 bits per heavy atom. The standard InChI is InChI=1S/C14H21BrFNO/c1-4-7-14(3,18)9-17-10(2)11-5-6-13(16)12(15)8-11/h5-6,8,10,17-18H,4,7,9H2,1-3H3. The van der Waals surface area contributed by atoms with Crippen LogP contribution in [0.25, 0.3) is 0 Å². The largest absolute Gasteiger partial charge is 0.389 e. The van der Waals surface area contributed by atoms with Crippen molar-refractivity contribution in [2.24, 2.45) is 0 Å². The van der Waals surface area contributed by atoms with E-state index in [4.69, 9.17) is 0 Å². The first-order chi connectivity index (χ1) is 8.35. The number of hydrogen-bond donors (Lipinski definition) is 2. The zero-order chi connectivity index (χ0) is 13.8. The highest BCUT2D eigenvalue weighted by atomic mass is 79.9. The molecule has 2 N–H and O–H groups in total. The van der Waals surface area contributed by atoms with E-state index >= 15 is 0 Å². The van der Waals surface area contributed by atoms with Gasteiger partial charge in [-0.25, -0.2) is 4.39 Å². The fourth-order valence-electron chi connectivity index (χ4n) is 1.90. The van der Waals surface area contributed by atoms with Crippen molar-refractivity contribution in [3.8, 4) is 0 Å². The van der Waals surface area contributed by atoms with Crippen LogP contribution in [0.4, 0.5) is 4.39 Å². The highest BCUT2D eigenvalue weighted by Crippen LogP contribution is 2.22. The van der Waals surface area contributed by atoms with Crippen LogP contribution < -0.4 is 5.32 Å². The van der Waals surface area contributed by atoms with Gasteiger partial charge in [-0.1, -0.05) is 19.4 Å². The van der Waals surface area contributed by atoms with Crippen LogP contribution in [0.2, 0.25) is 0 Å². The second-order valence-corrected chi connectivity index (χ2v) is 5.88. The molecule has 0 aliphatic heterocycles. The van der Waals surface area contributed by atoms with Crippen LogP contribution >= 0.6 is 15.9 Å². The van der Waals surface area contributed by atoms with Gasteiger partial charge in [-0.15, -0.1) is 0 Å². The maximum Gasteiger partial charge on any atom is 0.137 e. The van der Waals surface area contributed by atoms with Crippen molar-refractivity contribution in [3.05, 3.63) is 34.1 Å². The van der Waals surface area contributed by atoms with Gasteiger partial charge in [-0.3, -0.25) is 0 Å². The Balaban J connectivity index is 2.60. The van der Waals surface area contributed by atoms with E-state index in [1.54, 1.807) is 12.1 Å². The lowest BCUT2D eigenvalue weighted by molar-refractivity contribution is 0.0476. The molecule has 0 saturated heterocycles. The molecule has 0 heterocycles. The fourth-order valence-corrected chi connectivity index (χ4v) is 2.30. The van der Waals surface area contributed by atoms with E-state index in [-0.39, 0.29) is 11.9 Å². The van der Waals surface area contributed by atoms with Gasteiger partial charge in [0, 0.05) is 12.6 Å². The number of rotatable bonds is 6. The quantitative estimate of drug-likeness (QED) is 0.836. The van der Waals surface area contributed by atoms with Crippen molar-refractivity contribution in [2.45, 2.75) is 45.3 Å². The molecule has 0 aromatic heterocycles. The van der Waals surface area contributed by atoms with Crippen molar-refractivity contribution in [1.29, 1.82) is 0 Å². The van der Waals surface area contributed by atoms with Gasteiger partial charge in [-0.05, 0) is 53.9 Å². The Bertz CT molecular complexity index is 395. The van der Waals surface area contributed by atoms with Gasteiger partial charge in [0.1, 0.15) is 5.82 Å². The Hall–Kier alpha value is -0.450. The lowest BCUT2D eigenvalue weighted by Gasteiger charge is -2.25. The molecule has 2 nitrogen and oxygen atoms in total. The number of nitrogens with one attached hydrogen (secondary N) is 1. The highest BCUT2D eigenvalue weighted by Gasteiger charge is 2.20. The van der Waals surface area contributed by atoms with Crippen LogP contribution in [0, 0.1) is 5.82 Å². The fraction of sp³-hybridized carbons (Fsp3) is 0.571. The maximum atomic E-state index is 13.1. The number of hydrogen-bond acceptors (Lipinski definition) is 2. The number of aliphatic hydroxyl groups is 1. The van der Waals surface area contributed by atoms with E-state index in [0.29, 0.717) is 11.0 Å². The SMILES string of the molecule is CCCC(C)(O)CNC(C)c1ccc(F)c(Br)c1. The minimum atomic E-state index is -0.694. The van der Waals surface area contributed by atoms with Gasteiger partial charge < -0.3 is 10.4 Å². The van der Waals surface area contributed by atoms with Gasteiger partial charge in [0.2, 0.25) is 0 Å². The van der Waals surface area contributed by atoms with Crippen molar-refractivity contribution in [1.82, 2.24) is 5.32 Å². The van der Waals surface area contributed by atoms with E-state index in [9.17, 15) is 9.50 Å². The number of halogens is 2. The monoisotopic (exact) mass is 317 g/mol. The predicted molar refractivity (Wildman–Crippen MR) is 76.0 cm³/mol. The van der Waals surface area contributed by atoms with Gasteiger partial charge >= 0.3 is 0 Å². The van der Waals surface area contributed by atoms with E-state index in [2.05, 4.69) is 28.2 Å². The average molecular weight is 318 g/mol. The molecule has 2 unspecified atom stereocenters. The summed E-state index contributed by atoms with van der Waals surface area (Å²) in [4.78, 5) is 0. The molecule has 2 atom stereocenters. The van der Waals surface area contributed by atoms with E-state index in [1.807, 2.05) is 13.8 Å². The van der Waals surface area contributed by atoms with Crippen LogP contribution in [-0.2, 0) is 0 Å². The van der Waals surface area contributed by atoms with Crippen molar-refractivity contribution in [2.75, 3.05) is 6.54 Å². The minimum absolute atomic E-state index is 0.0743. The Morgan fingerprint density at radius 2 is 2.17 bits per heavy atom. The summed E-state index contributed by atoms with van der Waals surface area (Å²) in [6.45, 7) is 6.41. The second kappa shape index (κ2) is 6.64. The van der Waals surface area contributed by atoms with Crippen LogP contribution in [0.1, 0.15) is 45.2 Å². The molecule has 1 aromatic carbocycles. The molecule has 0 aliphatic rings. The number of benzene rings is 1. The molecule has 0 spiro atoms. The Kier molecular flexibility index (Phi) is 5.76. The lowest BCUT2D eigenvalue weighted by Crippen LogP contribution is -2.38. The lowest BCUT2D eigenvalue weighted by atomic mass is 9.99. The molecule has 0 radical (unpaired) electrons. The summed E-state index contributed by atoms with van der Waals surface area (Å²) in [5.41, 5.74) is 0.302. The van der Waals surface area contributed by atoms with Gasteiger partial charge in [0.25, 0.3) is 0 Å². The molecule has 0 amide bonds. The molecule has 4 heteroatoms. The average Bonchev–Trinajstić information content (AvgIpc) is 2.30. The molecule has 1 aromatic rings. The van der Waals surface area contributed by atoms with E-state index < -0.39 is 5.60 Å². The normalized spacial score (nSPS) is 16.3. The topological polar surface area (TPSA) is 32.3 Å². The van der Waals surface area contributed by atoms with Crippen molar-refractivity contribution in [3.63, 3.8) is 0 Å². The first-order valence-electron chi connectivity index (χ1n) is 6.26. The molecule has 0 bridgehead atoms.